The van der Waals surface area contributed by atoms with E-state index in [9.17, 15) is 4.79 Å². The van der Waals surface area contributed by atoms with Gasteiger partial charge in [0, 0.05) is 19.0 Å². The molecule has 0 aliphatic carbocycles. The van der Waals surface area contributed by atoms with Gasteiger partial charge in [-0.1, -0.05) is 6.92 Å². The SMILES string of the molecule is CCC1(C)CC(=O)N(CCO)N1C. The molecule has 1 unspecified atom stereocenters. The quantitative estimate of drug-likeness (QED) is 0.686. The van der Waals surface area contributed by atoms with Gasteiger partial charge in [0.05, 0.1) is 13.2 Å². The first kappa shape index (κ1) is 10.5. The maximum Gasteiger partial charge on any atom is 0.238 e. The van der Waals surface area contributed by atoms with E-state index in [2.05, 4.69) is 13.8 Å². The van der Waals surface area contributed by atoms with E-state index in [1.807, 2.05) is 12.1 Å². The molecule has 0 saturated carbocycles. The van der Waals surface area contributed by atoms with Gasteiger partial charge in [0.2, 0.25) is 5.91 Å². The predicted octanol–water partition coefficient (Wildman–Crippen LogP) is 0.226. The van der Waals surface area contributed by atoms with E-state index in [-0.39, 0.29) is 18.1 Å². The van der Waals surface area contributed by atoms with Crippen LogP contribution in [0.3, 0.4) is 0 Å². The van der Waals surface area contributed by atoms with Gasteiger partial charge in [-0.25, -0.2) is 5.01 Å². The first-order chi connectivity index (χ1) is 6.05. The lowest BCUT2D eigenvalue weighted by Crippen LogP contribution is -2.46. The Kier molecular flexibility index (Phi) is 2.93. The molecule has 1 rings (SSSR count). The van der Waals surface area contributed by atoms with E-state index in [1.54, 1.807) is 5.01 Å². The van der Waals surface area contributed by atoms with Crippen LogP contribution in [-0.4, -0.2) is 46.8 Å². The van der Waals surface area contributed by atoms with E-state index in [1.165, 1.54) is 0 Å². The van der Waals surface area contributed by atoms with Gasteiger partial charge in [0.25, 0.3) is 0 Å². The summed E-state index contributed by atoms with van der Waals surface area (Å²) in [6.07, 6.45) is 1.50. The topological polar surface area (TPSA) is 43.8 Å². The zero-order valence-electron chi connectivity index (χ0n) is 8.58. The molecule has 1 atom stereocenters. The second kappa shape index (κ2) is 3.64. The monoisotopic (exact) mass is 186 g/mol. The van der Waals surface area contributed by atoms with Crippen molar-refractivity contribution < 1.29 is 9.90 Å². The van der Waals surface area contributed by atoms with Crippen molar-refractivity contribution in [3.63, 3.8) is 0 Å². The molecule has 76 valence electrons. The number of nitrogens with zero attached hydrogens (tertiary/aromatic N) is 2. The molecule has 0 radical (unpaired) electrons. The summed E-state index contributed by atoms with van der Waals surface area (Å²) in [6.45, 7) is 4.58. The highest BCUT2D eigenvalue weighted by Crippen LogP contribution is 2.30. The molecular formula is C9H18N2O2. The van der Waals surface area contributed by atoms with E-state index in [0.29, 0.717) is 13.0 Å². The fourth-order valence-electron chi connectivity index (χ4n) is 1.71. The lowest BCUT2D eigenvalue weighted by Gasteiger charge is -2.34. The van der Waals surface area contributed by atoms with Crippen LogP contribution in [0.4, 0.5) is 0 Å². The summed E-state index contributed by atoms with van der Waals surface area (Å²) < 4.78 is 0. The molecule has 1 amide bonds. The van der Waals surface area contributed by atoms with Crippen LogP contribution in [0.15, 0.2) is 0 Å². The number of hydrogen-bond donors (Lipinski definition) is 1. The van der Waals surface area contributed by atoms with Gasteiger partial charge in [0.1, 0.15) is 0 Å². The first-order valence-electron chi connectivity index (χ1n) is 4.70. The highest BCUT2D eigenvalue weighted by molar-refractivity contribution is 5.79. The smallest absolute Gasteiger partial charge is 0.238 e. The molecule has 0 aromatic rings. The molecule has 0 spiro atoms. The van der Waals surface area contributed by atoms with Crippen molar-refractivity contribution in [3.8, 4) is 0 Å². The Balaban J connectivity index is 2.74. The standard InChI is InChI=1S/C9H18N2O2/c1-4-9(2)7-8(13)11(5-6-12)10(9)3/h12H,4-7H2,1-3H3. The predicted molar refractivity (Wildman–Crippen MR) is 49.9 cm³/mol. The Bertz CT molecular complexity index is 208. The third-order valence-corrected chi connectivity index (χ3v) is 3.04. The summed E-state index contributed by atoms with van der Waals surface area (Å²) >= 11 is 0. The van der Waals surface area contributed by atoms with E-state index < -0.39 is 0 Å². The molecule has 1 aliphatic rings. The van der Waals surface area contributed by atoms with Crippen LogP contribution in [0.2, 0.25) is 0 Å². The molecule has 0 aromatic heterocycles. The zero-order valence-corrected chi connectivity index (χ0v) is 8.58. The van der Waals surface area contributed by atoms with Gasteiger partial charge in [-0.3, -0.25) is 9.80 Å². The number of hydrogen-bond acceptors (Lipinski definition) is 3. The molecule has 13 heavy (non-hydrogen) atoms. The average molecular weight is 186 g/mol. The minimum atomic E-state index is -0.0632. The second-order valence-corrected chi connectivity index (χ2v) is 3.79. The molecule has 0 aromatic carbocycles. The van der Waals surface area contributed by atoms with Gasteiger partial charge in [0.15, 0.2) is 0 Å². The minimum absolute atomic E-state index is 0.0237. The van der Waals surface area contributed by atoms with Crippen molar-refractivity contribution in [1.29, 1.82) is 0 Å². The highest BCUT2D eigenvalue weighted by atomic mass is 16.3. The number of aliphatic hydroxyl groups excluding tert-OH is 1. The van der Waals surface area contributed by atoms with Crippen molar-refractivity contribution in [2.24, 2.45) is 0 Å². The van der Waals surface area contributed by atoms with Crippen LogP contribution in [-0.2, 0) is 4.79 Å². The summed E-state index contributed by atoms with van der Waals surface area (Å²) in [4.78, 5) is 11.5. The lowest BCUT2D eigenvalue weighted by atomic mass is 9.96. The van der Waals surface area contributed by atoms with Crippen molar-refractivity contribution in [2.45, 2.75) is 32.2 Å². The number of carbonyl (C=O) groups is 1. The highest BCUT2D eigenvalue weighted by Gasteiger charge is 2.42. The molecule has 1 aliphatic heterocycles. The van der Waals surface area contributed by atoms with Crippen LogP contribution in [0.1, 0.15) is 26.7 Å². The van der Waals surface area contributed by atoms with Crippen LogP contribution in [0.25, 0.3) is 0 Å². The lowest BCUT2D eigenvalue weighted by molar-refractivity contribution is -0.139. The summed E-state index contributed by atoms with van der Waals surface area (Å²) in [5.41, 5.74) is -0.0632. The summed E-state index contributed by atoms with van der Waals surface area (Å²) in [5, 5.41) is 12.4. The van der Waals surface area contributed by atoms with E-state index in [0.717, 1.165) is 6.42 Å². The van der Waals surface area contributed by atoms with Crippen molar-refractivity contribution in [1.82, 2.24) is 10.0 Å². The van der Waals surface area contributed by atoms with Crippen LogP contribution < -0.4 is 0 Å². The Labute approximate surface area is 79.1 Å². The van der Waals surface area contributed by atoms with Crippen molar-refractivity contribution in [2.75, 3.05) is 20.2 Å². The van der Waals surface area contributed by atoms with E-state index >= 15 is 0 Å². The third kappa shape index (κ3) is 1.69. The number of amides is 1. The maximum atomic E-state index is 11.5. The number of rotatable bonds is 3. The third-order valence-electron chi connectivity index (χ3n) is 3.04. The second-order valence-electron chi connectivity index (χ2n) is 3.79. The van der Waals surface area contributed by atoms with Gasteiger partial charge in [-0.15, -0.1) is 0 Å². The zero-order chi connectivity index (χ0) is 10.1. The van der Waals surface area contributed by atoms with Crippen LogP contribution in [0.5, 0.6) is 0 Å². The fourth-order valence-corrected chi connectivity index (χ4v) is 1.71. The van der Waals surface area contributed by atoms with Gasteiger partial charge < -0.3 is 5.11 Å². The number of aliphatic hydroxyl groups is 1. The van der Waals surface area contributed by atoms with Crippen LogP contribution >= 0.6 is 0 Å². The Morgan fingerprint density at radius 1 is 1.62 bits per heavy atom. The summed E-state index contributed by atoms with van der Waals surface area (Å²) in [7, 11) is 1.91. The number of carbonyl (C=O) groups excluding carboxylic acids is 1. The largest absolute Gasteiger partial charge is 0.394 e. The van der Waals surface area contributed by atoms with Gasteiger partial charge in [-0.2, -0.15) is 0 Å². The number of hydrazine groups is 1. The van der Waals surface area contributed by atoms with E-state index in [4.69, 9.17) is 5.11 Å². The van der Waals surface area contributed by atoms with Gasteiger partial charge >= 0.3 is 0 Å². The molecule has 4 heteroatoms. The molecule has 1 N–H and O–H groups in total. The molecule has 4 nitrogen and oxygen atoms in total. The van der Waals surface area contributed by atoms with Crippen LogP contribution in [0, 0.1) is 0 Å². The fraction of sp³-hybridized carbons (Fsp3) is 0.889. The first-order valence-corrected chi connectivity index (χ1v) is 4.70. The molecule has 1 saturated heterocycles. The Morgan fingerprint density at radius 2 is 2.23 bits per heavy atom. The summed E-state index contributed by atoms with van der Waals surface area (Å²) in [6, 6.07) is 0. The summed E-state index contributed by atoms with van der Waals surface area (Å²) in [5.74, 6) is 0.112. The number of β-amino-alcohol motifs (C(OH)–C–C–N with tert-alkyl or cyclic N) is 1. The maximum absolute atomic E-state index is 11.5. The molecule has 0 bridgehead atoms. The normalized spacial score (nSPS) is 30.2. The molecule has 1 heterocycles. The van der Waals surface area contributed by atoms with Crippen molar-refractivity contribution >= 4 is 5.91 Å². The Hall–Kier alpha value is -0.610. The molecular weight excluding hydrogens is 168 g/mol. The van der Waals surface area contributed by atoms with Gasteiger partial charge in [-0.05, 0) is 13.3 Å². The Morgan fingerprint density at radius 3 is 2.62 bits per heavy atom. The molecule has 1 fully saturated rings. The van der Waals surface area contributed by atoms with Crippen molar-refractivity contribution in [3.05, 3.63) is 0 Å². The average Bonchev–Trinajstić information content (AvgIpc) is 2.31. The minimum Gasteiger partial charge on any atom is -0.394 e.